The highest BCUT2D eigenvalue weighted by Gasteiger charge is 2.42. The van der Waals surface area contributed by atoms with E-state index in [1.807, 2.05) is 0 Å². The summed E-state index contributed by atoms with van der Waals surface area (Å²) in [6.45, 7) is 8.55. The summed E-state index contributed by atoms with van der Waals surface area (Å²) in [5.74, 6) is 0. The monoisotopic (exact) mass is 210 g/mol. The Kier molecular flexibility index (Phi) is 3.68. The highest BCUT2D eigenvalue weighted by molar-refractivity contribution is 5.00. The Morgan fingerprint density at radius 1 is 1.27 bits per heavy atom. The minimum Gasteiger partial charge on any atom is -0.317 e. The number of rotatable bonds is 3. The van der Waals surface area contributed by atoms with E-state index in [0.29, 0.717) is 5.54 Å². The minimum atomic E-state index is 0.583. The molecule has 1 N–H and O–H groups in total. The van der Waals surface area contributed by atoms with E-state index < -0.39 is 0 Å². The smallest absolute Gasteiger partial charge is 0.0237 e. The van der Waals surface area contributed by atoms with Crippen LogP contribution < -0.4 is 5.32 Å². The second-order valence-electron chi connectivity index (χ2n) is 5.41. The summed E-state index contributed by atoms with van der Waals surface area (Å²) in [6, 6.07) is 0.801. The Morgan fingerprint density at radius 2 is 2.00 bits per heavy atom. The van der Waals surface area contributed by atoms with Crippen molar-refractivity contribution in [3.63, 3.8) is 0 Å². The van der Waals surface area contributed by atoms with E-state index >= 15 is 0 Å². The Bertz CT molecular complexity index is 197. The molecule has 2 nitrogen and oxygen atoms in total. The van der Waals surface area contributed by atoms with Gasteiger partial charge in [0.2, 0.25) is 0 Å². The van der Waals surface area contributed by atoms with E-state index in [9.17, 15) is 0 Å². The molecule has 0 saturated carbocycles. The molecule has 1 unspecified atom stereocenters. The Labute approximate surface area is 94.4 Å². The molecule has 2 aliphatic heterocycles. The first-order valence-electron chi connectivity index (χ1n) is 6.76. The van der Waals surface area contributed by atoms with E-state index in [4.69, 9.17) is 0 Å². The van der Waals surface area contributed by atoms with Crippen LogP contribution in [-0.2, 0) is 0 Å². The minimum absolute atomic E-state index is 0.583. The van der Waals surface area contributed by atoms with Gasteiger partial charge >= 0.3 is 0 Å². The first kappa shape index (κ1) is 11.4. The maximum Gasteiger partial charge on any atom is 0.0237 e. The van der Waals surface area contributed by atoms with Gasteiger partial charge in [-0.15, -0.1) is 0 Å². The lowest BCUT2D eigenvalue weighted by atomic mass is 9.85. The number of nitrogens with one attached hydrogen (secondary N) is 1. The second kappa shape index (κ2) is 4.84. The molecule has 2 saturated heterocycles. The fourth-order valence-electron chi connectivity index (χ4n) is 3.65. The molecule has 0 aromatic heterocycles. The van der Waals surface area contributed by atoms with Crippen molar-refractivity contribution >= 4 is 0 Å². The third-order valence-electron chi connectivity index (χ3n) is 4.42. The van der Waals surface area contributed by atoms with E-state index in [1.165, 1.54) is 58.2 Å². The van der Waals surface area contributed by atoms with Crippen molar-refractivity contribution in [3.8, 4) is 0 Å². The largest absolute Gasteiger partial charge is 0.317 e. The van der Waals surface area contributed by atoms with Crippen LogP contribution in [0.3, 0.4) is 0 Å². The second-order valence-corrected chi connectivity index (χ2v) is 5.41. The molecule has 0 aromatic rings. The van der Waals surface area contributed by atoms with Crippen molar-refractivity contribution in [3.05, 3.63) is 0 Å². The van der Waals surface area contributed by atoms with Crippen molar-refractivity contribution in [2.75, 3.05) is 19.6 Å². The van der Waals surface area contributed by atoms with Crippen LogP contribution in [0.2, 0.25) is 0 Å². The standard InChI is InChI=1S/C13H26N2/c1-3-5-12(2)15-11-4-6-13(15)7-9-14-10-8-13/h12,14H,3-11H2,1-2H3. The zero-order valence-corrected chi connectivity index (χ0v) is 10.4. The van der Waals surface area contributed by atoms with Crippen LogP contribution in [0.15, 0.2) is 0 Å². The third kappa shape index (κ3) is 2.21. The molecule has 1 atom stereocenters. The zero-order chi connectivity index (χ0) is 10.7. The maximum atomic E-state index is 3.50. The first-order chi connectivity index (χ1) is 7.28. The van der Waals surface area contributed by atoms with Crippen LogP contribution in [0.4, 0.5) is 0 Å². The first-order valence-corrected chi connectivity index (χ1v) is 6.76. The fourth-order valence-corrected chi connectivity index (χ4v) is 3.65. The van der Waals surface area contributed by atoms with Crippen molar-refractivity contribution < 1.29 is 0 Å². The van der Waals surface area contributed by atoms with Crippen LogP contribution in [0.1, 0.15) is 52.4 Å². The predicted molar refractivity (Wildman–Crippen MR) is 65.1 cm³/mol. The summed E-state index contributed by atoms with van der Waals surface area (Å²) >= 11 is 0. The van der Waals surface area contributed by atoms with Crippen molar-refractivity contribution in [1.82, 2.24) is 10.2 Å². The van der Waals surface area contributed by atoms with Gasteiger partial charge in [-0.2, -0.15) is 0 Å². The molecule has 0 amide bonds. The lowest BCUT2D eigenvalue weighted by Crippen LogP contribution is -2.53. The van der Waals surface area contributed by atoms with Crippen LogP contribution in [0, 0.1) is 0 Å². The van der Waals surface area contributed by atoms with Gasteiger partial charge in [-0.25, -0.2) is 0 Å². The topological polar surface area (TPSA) is 15.3 Å². The van der Waals surface area contributed by atoms with Gasteiger partial charge in [0.25, 0.3) is 0 Å². The molecule has 0 aliphatic carbocycles. The van der Waals surface area contributed by atoms with E-state index in [0.717, 1.165) is 6.04 Å². The number of likely N-dealkylation sites (tertiary alicyclic amines) is 1. The molecule has 2 rings (SSSR count). The average molecular weight is 210 g/mol. The van der Waals surface area contributed by atoms with Crippen LogP contribution in [-0.4, -0.2) is 36.1 Å². The molecule has 0 bridgehead atoms. The number of hydrogen-bond donors (Lipinski definition) is 1. The molecule has 0 aromatic carbocycles. The Morgan fingerprint density at radius 3 is 2.67 bits per heavy atom. The van der Waals surface area contributed by atoms with Crippen molar-refractivity contribution in [2.24, 2.45) is 0 Å². The SMILES string of the molecule is CCCC(C)N1CCCC12CCNCC2. The molecular formula is C13H26N2. The molecule has 2 aliphatic rings. The summed E-state index contributed by atoms with van der Waals surface area (Å²) in [5, 5.41) is 3.50. The van der Waals surface area contributed by atoms with Gasteiger partial charge in [0.05, 0.1) is 0 Å². The third-order valence-corrected chi connectivity index (χ3v) is 4.42. The summed E-state index contributed by atoms with van der Waals surface area (Å²) in [4.78, 5) is 2.83. The van der Waals surface area contributed by atoms with Crippen molar-refractivity contribution in [2.45, 2.75) is 64.0 Å². The van der Waals surface area contributed by atoms with E-state index in [-0.39, 0.29) is 0 Å². The summed E-state index contributed by atoms with van der Waals surface area (Å²) < 4.78 is 0. The highest BCUT2D eigenvalue weighted by atomic mass is 15.3. The predicted octanol–water partition coefficient (Wildman–Crippen LogP) is 2.39. The molecular weight excluding hydrogens is 184 g/mol. The average Bonchev–Trinajstić information content (AvgIpc) is 2.63. The Hall–Kier alpha value is -0.0800. The number of hydrogen-bond acceptors (Lipinski definition) is 2. The number of nitrogens with zero attached hydrogens (tertiary/aromatic N) is 1. The lowest BCUT2D eigenvalue weighted by Gasteiger charge is -2.45. The van der Waals surface area contributed by atoms with Gasteiger partial charge in [0.1, 0.15) is 0 Å². The number of piperidine rings is 1. The molecule has 2 heteroatoms. The van der Waals surface area contributed by atoms with E-state index in [1.54, 1.807) is 0 Å². The van der Waals surface area contributed by atoms with Gasteiger partial charge in [0.15, 0.2) is 0 Å². The lowest BCUT2D eigenvalue weighted by molar-refractivity contribution is 0.0604. The normalized spacial score (nSPS) is 28.4. The van der Waals surface area contributed by atoms with E-state index in [2.05, 4.69) is 24.1 Å². The highest BCUT2D eigenvalue weighted by Crippen LogP contribution is 2.38. The van der Waals surface area contributed by atoms with Gasteiger partial charge in [-0.1, -0.05) is 13.3 Å². The molecule has 0 radical (unpaired) electrons. The zero-order valence-electron chi connectivity index (χ0n) is 10.4. The summed E-state index contributed by atoms with van der Waals surface area (Å²) in [7, 11) is 0. The maximum absolute atomic E-state index is 3.50. The summed E-state index contributed by atoms with van der Waals surface area (Å²) in [6.07, 6.45) is 8.32. The molecule has 15 heavy (non-hydrogen) atoms. The van der Waals surface area contributed by atoms with Crippen LogP contribution in [0.5, 0.6) is 0 Å². The van der Waals surface area contributed by atoms with Gasteiger partial charge in [-0.05, 0) is 58.7 Å². The Balaban J connectivity index is 2.02. The molecule has 1 spiro atoms. The fraction of sp³-hybridized carbons (Fsp3) is 1.00. The van der Waals surface area contributed by atoms with Crippen molar-refractivity contribution in [1.29, 1.82) is 0 Å². The van der Waals surface area contributed by atoms with Crippen LogP contribution >= 0.6 is 0 Å². The van der Waals surface area contributed by atoms with Crippen LogP contribution in [0.25, 0.3) is 0 Å². The van der Waals surface area contributed by atoms with Gasteiger partial charge in [0, 0.05) is 11.6 Å². The summed E-state index contributed by atoms with van der Waals surface area (Å²) in [5.41, 5.74) is 0.583. The molecule has 88 valence electrons. The van der Waals surface area contributed by atoms with Gasteiger partial charge in [-0.3, -0.25) is 4.90 Å². The molecule has 2 heterocycles. The quantitative estimate of drug-likeness (QED) is 0.769. The molecule has 2 fully saturated rings. The van der Waals surface area contributed by atoms with Gasteiger partial charge < -0.3 is 5.32 Å².